The van der Waals surface area contributed by atoms with Crippen LogP contribution >= 0.6 is 0 Å². The van der Waals surface area contributed by atoms with E-state index in [9.17, 15) is 32.3 Å². The van der Waals surface area contributed by atoms with Crippen LogP contribution in [0.4, 0.5) is 13.2 Å². The average molecular weight is 597 g/mol. The maximum absolute atomic E-state index is 13.4. The molecule has 2 heterocycles. The number of imidazole rings is 1. The highest BCUT2D eigenvalue weighted by atomic mass is 19.4. The van der Waals surface area contributed by atoms with Crippen LogP contribution in [0.5, 0.6) is 0 Å². The first-order valence-corrected chi connectivity index (χ1v) is 13.6. The van der Waals surface area contributed by atoms with Crippen molar-refractivity contribution in [1.29, 1.82) is 0 Å². The van der Waals surface area contributed by atoms with E-state index >= 15 is 0 Å². The molecule has 2 aromatic carbocycles. The smallest absolute Gasteiger partial charge is 0.361 e. The summed E-state index contributed by atoms with van der Waals surface area (Å²) in [5, 5.41) is 7.76. The van der Waals surface area contributed by atoms with Crippen LogP contribution in [-0.4, -0.2) is 62.8 Å². The minimum atomic E-state index is -5.19. The van der Waals surface area contributed by atoms with Crippen LogP contribution in [0, 0.1) is 0 Å². The molecule has 0 saturated carbocycles. The fourth-order valence-corrected chi connectivity index (χ4v) is 4.73. The molecule has 0 fully saturated rings. The topological polar surface area (TPSA) is 138 Å². The van der Waals surface area contributed by atoms with Gasteiger partial charge in [-0.05, 0) is 17.2 Å². The average Bonchev–Trinajstić information content (AvgIpc) is 3.60. The van der Waals surface area contributed by atoms with Crippen LogP contribution in [0.3, 0.4) is 0 Å². The number of H-pyrrole nitrogens is 1. The molecule has 0 radical (unpaired) electrons. The van der Waals surface area contributed by atoms with E-state index in [4.69, 9.17) is 0 Å². The van der Waals surface area contributed by atoms with Crippen LogP contribution in [0.15, 0.2) is 67.1 Å². The molecule has 4 rings (SSSR count). The number of nitrogens with one attached hydrogen (secondary N) is 4. The van der Waals surface area contributed by atoms with Crippen LogP contribution in [-0.2, 0) is 39.1 Å². The Balaban J connectivity index is 1.47. The lowest BCUT2D eigenvalue weighted by molar-refractivity contribution is -0.173. The van der Waals surface area contributed by atoms with Crippen molar-refractivity contribution in [1.82, 2.24) is 30.5 Å². The van der Waals surface area contributed by atoms with Gasteiger partial charge in [-0.1, -0.05) is 49.4 Å². The van der Waals surface area contributed by atoms with Crippen molar-refractivity contribution in [2.75, 3.05) is 6.54 Å². The number of aryl methyl sites for hydroxylation is 1. The molecule has 3 amide bonds. The Morgan fingerprint density at radius 1 is 0.930 bits per heavy atom. The van der Waals surface area contributed by atoms with E-state index in [1.807, 2.05) is 19.2 Å². The monoisotopic (exact) mass is 596 g/mol. The number of hydrogen-bond donors (Lipinski definition) is 4. The molecular weight excluding hydrogens is 565 g/mol. The number of ketones is 1. The Kier molecular flexibility index (Phi) is 9.63. The number of Topliss-reactive ketones (excluding diaryl/α,β-unsaturated/α-hetero) is 1. The first kappa shape index (κ1) is 31.0. The minimum absolute atomic E-state index is 0.0535. The van der Waals surface area contributed by atoms with Crippen molar-refractivity contribution in [3.63, 3.8) is 0 Å². The highest BCUT2D eigenvalue weighted by Crippen LogP contribution is 2.24. The second-order valence-corrected chi connectivity index (χ2v) is 9.96. The number of amides is 3. The molecule has 2 unspecified atom stereocenters. The molecule has 0 aliphatic rings. The third-order valence-electron chi connectivity index (χ3n) is 6.93. The van der Waals surface area contributed by atoms with Gasteiger partial charge in [-0.2, -0.15) is 13.2 Å². The summed E-state index contributed by atoms with van der Waals surface area (Å²) in [4.78, 5) is 57.7. The van der Waals surface area contributed by atoms with E-state index in [-0.39, 0.29) is 12.8 Å². The lowest BCUT2D eigenvalue weighted by atomic mass is 9.98. The first-order valence-electron chi connectivity index (χ1n) is 13.6. The highest BCUT2D eigenvalue weighted by molar-refractivity contribution is 5.95. The highest BCUT2D eigenvalue weighted by Gasteiger charge is 2.44. The number of aromatic nitrogens is 3. The molecule has 43 heavy (non-hydrogen) atoms. The normalized spacial score (nSPS) is 12.9. The molecular formula is C30H31F3N6O4. The van der Waals surface area contributed by atoms with E-state index in [1.165, 1.54) is 6.20 Å². The molecule has 0 aliphatic heterocycles. The number of rotatable bonds is 12. The van der Waals surface area contributed by atoms with Crippen molar-refractivity contribution in [2.45, 2.75) is 44.4 Å². The second kappa shape index (κ2) is 13.4. The summed E-state index contributed by atoms with van der Waals surface area (Å²) in [7, 11) is 1.82. The summed E-state index contributed by atoms with van der Waals surface area (Å²) in [6, 6.07) is 11.1. The maximum atomic E-state index is 13.4. The van der Waals surface area contributed by atoms with Crippen LogP contribution in [0.2, 0.25) is 0 Å². The Morgan fingerprint density at radius 2 is 1.60 bits per heavy atom. The summed E-state index contributed by atoms with van der Waals surface area (Å²) in [5.41, 5.74) is 2.52. The number of alkyl halides is 3. The summed E-state index contributed by atoms with van der Waals surface area (Å²) in [6.07, 6.45) is -0.575. The van der Waals surface area contributed by atoms with E-state index in [0.29, 0.717) is 27.9 Å². The molecule has 10 nitrogen and oxygen atoms in total. The number of nitrogens with zero attached hydrogens (tertiary/aromatic N) is 2. The largest absolute Gasteiger partial charge is 0.452 e. The fraction of sp³-hybridized carbons (Fsp3) is 0.300. The van der Waals surface area contributed by atoms with E-state index in [1.54, 1.807) is 60.3 Å². The summed E-state index contributed by atoms with van der Waals surface area (Å²) in [6.45, 7) is 0.902. The fourth-order valence-electron chi connectivity index (χ4n) is 4.73. The van der Waals surface area contributed by atoms with Gasteiger partial charge < -0.3 is 25.5 Å². The minimum Gasteiger partial charge on any atom is -0.361 e. The zero-order valence-electron chi connectivity index (χ0n) is 23.5. The number of halogens is 3. The summed E-state index contributed by atoms with van der Waals surface area (Å²) >= 11 is 0. The van der Waals surface area contributed by atoms with E-state index in [0.717, 1.165) is 5.56 Å². The molecule has 226 valence electrons. The number of aromatic amines is 1. The van der Waals surface area contributed by atoms with Gasteiger partial charge in [0.25, 0.3) is 5.78 Å². The molecule has 13 heteroatoms. The van der Waals surface area contributed by atoms with Crippen LogP contribution in [0.25, 0.3) is 22.3 Å². The zero-order chi connectivity index (χ0) is 31.1. The SMILES string of the molecule is CCC(=O)NC(Cc1ccccc1-c1nccn1C)C(=O)NCC(=O)NC(Cc1c[nH]c2ccccc12)C(=O)C(F)(F)F. The quantitative estimate of drug-likeness (QED) is 0.199. The van der Waals surface area contributed by atoms with Gasteiger partial charge in [0.05, 0.1) is 6.54 Å². The lowest BCUT2D eigenvalue weighted by Gasteiger charge is -2.21. The molecule has 0 bridgehead atoms. The van der Waals surface area contributed by atoms with Crippen molar-refractivity contribution in [3.05, 3.63) is 78.2 Å². The summed E-state index contributed by atoms with van der Waals surface area (Å²) in [5.74, 6) is -3.59. The number of carbonyl (C=O) groups excluding carboxylic acids is 4. The predicted molar refractivity (Wildman–Crippen MR) is 153 cm³/mol. The van der Waals surface area contributed by atoms with Crippen molar-refractivity contribution >= 4 is 34.4 Å². The van der Waals surface area contributed by atoms with Gasteiger partial charge in [-0.15, -0.1) is 0 Å². The molecule has 0 spiro atoms. The van der Waals surface area contributed by atoms with Crippen LogP contribution in [0.1, 0.15) is 24.5 Å². The zero-order valence-corrected chi connectivity index (χ0v) is 23.5. The molecule has 0 saturated heterocycles. The molecule has 0 aliphatic carbocycles. The van der Waals surface area contributed by atoms with E-state index < -0.39 is 54.7 Å². The van der Waals surface area contributed by atoms with Gasteiger partial charge in [0.2, 0.25) is 17.7 Å². The van der Waals surface area contributed by atoms with Crippen molar-refractivity contribution in [2.24, 2.45) is 7.05 Å². The first-order chi connectivity index (χ1) is 20.5. The van der Waals surface area contributed by atoms with Gasteiger partial charge in [0.15, 0.2) is 0 Å². The maximum Gasteiger partial charge on any atom is 0.452 e. The molecule has 4 N–H and O–H groups in total. The van der Waals surface area contributed by atoms with E-state index in [2.05, 4.69) is 25.9 Å². The standard InChI is InChI=1S/C30H31F3N6O4/c1-3-25(40)38-24(14-18-8-4-5-10-21(18)28-34-12-13-39(28)2)29(43)36-17-26(41)37-23(27(42)30(31,32)33)15-19-16-35-22-11-7-6-9-20(19)22/h4-13,16,23-24,35H,3,14-15,17H2,1-2H3,(H,36,43)(H,37,41)(H,38,40). The number of para-hydroxylation sites is 1. The van der Waals surface area contributed by atoms with Gasteiger partial charge >= 0.3 is 6.18 Å². The number of hydrogen-bond acceptors (Lipinski definition) is 5. The number of benzene rings is 2. The number of fused-ring (bicyclic) bond motifs is 1. The number of carbonyl (C=O) groups is 4. The third-order valence-corrected chi connectivity index (χ3v) is 6.93. The van der Waals surface area contributed by atoms with Gasteiger partial charge in [-0.25, -0.2) is 4.98 Å². The second-order valence-electron chi connectivity index (χ2n) is 9.96. The Labute approximate surface area is 245 Å². The van der Waals surface area contributed by atoms with Crippen molar-refractivity contribution < 1.29 is 32.3 Å². The Morgan fingerprint density at radius 3 is 2.30 bits per heavy atom. The van der Waals surface area contributed by atoms with Gasteiger partial charge in [0.1, 0.15) is 17.9 Å². The Hall–Kier alpha value is -4.94. The Bertz CT molecular complexity index is 1630. The van der Waals surface area contributed by atoms with Gasteiger partial charge in [-0.3, -0.25) is 19.2 Å². The van der Waals surface area contributed by atoms with Gasteiger partial charge in [0, 0.05) is 61.4 Å². The molecule has 2 atom stereocenters. The van der Waals surface area contributed by atoms with Crippen molar-refractivity contribution in [3.8, 4) is 11.4 Å². The molecule has 2 aromatic heterocycles. The van der Waals surface area contributed by atoms with Crippen LogP contribution < -0.4 is 16.0 Å². The lowest BCUT2D eigenvalue weighted by Crippen LogP contribution is -2.53. The summed E-state index contributed by atoms with van der Waals surface area (Å²) < 4.78 is 42.0. The predicted octanol–water partition coefficient (Wildman–Crippen LogP) is 2.98. The third kappa shape index (κ3) is 7.67. The molecule has 4 aromatic rings.